The van der Waals surface area contributed by atoms with E-state index in [4.69, 9.17) is 4.74 Å². The van der Waals surface area contributed by atoms with Crippen molar-refractivity contribution in [3.63, 3.8) is 0 Å². The van der Waals surface area contributed by atoms with E-state index in [1.54, 1.807) is 0 Å². The lowest BCUT2D eigenvalue weighted by Crippen LogP contribution is -2.09. The van der Waals surface area contributed by atoms with Crippen LogP contribution in [0.25, 0.3) is 0 Å². The number of fused-ring (bicyclic) bond motifs is 2. The third-order valence-electron chi connectivity index (χ3n) is 2.30. The van der Waals surface area contributed by atoms with E-state index in [1.165, 1.54) is 25.7 Å². The molecule has 0 aromatic heterocycles. The van der Waals surface area contributed by atoms with Crippen LogP contribution in [-0.4, -0.2) is 12.7 Å². The summed E-state index contributed by atoms with van der Waals surface area (Å²) in [4.78, 5) is 0. The van der Waals surface area contributed by atoms with Gasteiger partial charge in [0.05, 0.1) is 6.10 Å². The predicted molar refractivity (Wildman–Crippen MR) is 31.7 cm³/mol. The molecule has 0 aromatic rings. The van der Waals surface area contributed by atoms with Gasteiger partial charge in [-0.25, -0.2) is 0 Å². The summed E-state index contributed by atoms with van der Waals surface area (Å²) in [6, 6.07) is 0. The predicted octanol–water partition coefficient (Wildman–Crippen LogP) is 1.58. The summed E-state index contributed by atoms with van der Waals surface area (Å²) < 4.78 is 5.48. The Hall–Kier alpha value is -0.0400. The van der Waals surface area contributed by atoms with Gasteiger partial charge in [-0.2, -0.15) is 0 Å². The average Bonchev–Trinajstić information content (AvgIpc) is 2.12. The first-order chi connectivity index (χ1) is 3.95. The molecule has 1 saturated heterocycles. The molecule has 2 atom stereocenters. The van der Waals surface area contributed by atoms with Crippen molar-refractivity contribution in [3.8, 4) is 0 Å². The molecular weight excluding hydrogens is 100 g/mol. The number of hydrogen-bond donors (Lipinski definition) is 0. The maximum Gasteiger partial charge on any atom is 0.0578 e. The molecule has 2 aliphatic rings. The molecule has 0 N–H and O–H groups in total. The van der Waals surface area contributed by atoms with E-state index in [9.17, 15) is 0 Å². The standard InChI is InChI=1S/C7H12O/c1-2-6-4-7(3-1)8-5-6/h6-7H,1-5H2/t6-,7-/m1/s1. The highest BCUT2D eigenvalue weighted by molar-refractivity contribution is 4.78. The molecule has 1 aliphatic heterocycles. The minimum atomic E-state index is 0.661. The molecule has 46 valence electrons. The van der Waals surface area contributed by atoms with Gasteiger partial charge in [0.25, 0.3) is 0 Å². The van der Waals surface area contributed by atoms with Crippen molar-refractivity contribution in [3.05, 3.63) is 0 Å². The van der Waals surface area contributed by atoms with Gasteiger partial charge in [0.1, 0.15) is 0 Å². The van der Waals surface area contributed by atoms with Crippen LogP contribution in [0.3, 0.4) is 0 Å². The van der Waals surface area contributed by atoms with Gasteiger partial charge in [-0.1, -0.05) is 6.42 Å². The summed E-state index contributed by atoms with van der Waals surface area (Å²) in [6.45, 7) is 1.06. The highest BCUT2D eigenvalue weighted by Crippen LogP contribution is 2.32. The SMILES string of the molecule is C1C[C@H]2CO[C@H](C1)C2. The Kier molecular flexibility index (Phi) is 1.04. The van der Waals surface area contributed by atoms with Gasteiger partial charge in [-0.3, -0.25) is 0 Å². The molecule has 0 amide bonds. The third-order valence-corrected chi connectivity index (χ3v) is 2.30. The second-order valence-corrected chi connectivity index (χ2v) is 2.99. The van der Waals surface area contributed by atoms with Gasteiger partial charge in [0, 0.05) is 6.61 Å². The maximum atomic E-state index is 5.48. The van der Waals surface area contributed by atoms with Gasteiger partial charge in [-0.05, 0) is 25.2 Å². The Bertz CT molecular complexity index is 76.4. The van der Waals surface area contributed by atoms with E-state index >= 15 is 0 Å². The summed E-state index contributed by atoms with van der Waals surface area (Å²) in [5.41, 5.74) is 0. The van der Waals surface area contributed by atoms with Crippen molar-refractivity contribution < 1.29 is 4.74 Å². The van der Waals surface area contributed by atoms with E-state index in [1.807, 2.05) is 0 Å². The van der Waals surface area contributed by atoms with Crippen LogP contribution in [0.4, 0.5) is 0 Å². The Morgan fingerprint density at radius 1 is 1.25 bits per heavy atom. The molecule has 1 saturated carbocycles. The van der Waals surface area contributed by atoms with Crippen LogP contribution in [0.1, 0.15) is 25.7 Å². The summed E-state index contributed by atoms with van der Waals surface area (Å²) >= 11 is 0. The topological polar surface area (TPSA) is 9.23 Å². The Morgan fingerprint density at radius 3 is 3.00 bits per heavy atom. The first-order valence-corrected chi connectivity index (χ1v) is 3.57. The molecule has 8 heavy (non-hydrogen) atoms. The normalized spacial score (nSPS) is 45.0. The Morgan fingerprint density at radius 2 is 2.25 bits per heavy atom. The smallest absolute Gasteiger partial charge is 0.0578 e. The highest BCUT2D eigenvalue weighted by Gasteiger charge is 2.28. The van der Waals surface area contributed by atoms with Gasteiger partial charge in [-0.15, -0.1) is 0 Å². The van der Waals surface area contributed by atoms with E-state index in [-0.39, 0.29) is 0 Å². The third kappa shape index (κ3) is 0.655. The summed E-state index contributed by atoms with van der Waals surface area (Å²) in [5, 5.41) is 0. The molecule has 0 spiro atoms. The fourth-order valence-corrected chi connectivity index (χ4v) is 1.82. The molecule has 0 aromatic carbocycles. The fourth-order valence-electron chi connectivity index (χ4n) is 1.82. The molecule has 0 radical (unpaired) electrons. The van der Waals surface area contributed by atoms with Gasteiger partial charge < -0.3 is 4.74 Å². The molecule has 1 heterocycles. The molecule has 1 aliphatic carbocycles. The Balaban J connectivity index is 2.03. The van der Waals surface area contributed by atoms with Gasteiger partial charge >= 0.3 is 0 Å². The largest absolute Gasteiger partial charge is 0.378 e. The lowest BCUT2D eigenvalue weighted by molar-refractivity contribution is 0.107. The average molecular weight is 112 g/mol. The number of hydrogen-bond acceptors (Lipinski definition) is 1. The molecular formula is C7H12O. The summed E-state index contributed by atoms with van der Waals surface area (Å²) in [6.07, 6.45) is 6.19. The van der Waals surface area contributed by atoms with Gasteiger partial charge in [0.2, 0.25) is 0 Å². The minimum absolute atomic E-state index is 0.661. The zero-order valence-electron chi connectivity index (χ0n) is 5.10. The zero-order valence-corrected chi connectivity index (χ0v) is 5.10. The van der Waals surface area contributed by atoms with Crippen molar-refractivity contribution in [1.29, 1.82) is 0 Å². The van der Waals surface area contributed by atoms with Gasteiger partial charge in [0.15, 0.2) is 0 Å². The van der Waals surface area contributed by atoms with Crippen LogP contribution in [0.2, 0.25) is 0 Å². The van der Waals surface area contributed by atoms with Crippen LogP contribution >= 0.6 is 0 Å². The molecule has 0 unspecified atom stereocenters. The number of ether oxygens (including phenoxy) is 1. The van der Waals surface area contributed by atoms with Crippen LogP contribution in [0.5, 0.6) is 0 Å². The van der Waals surface area contributed by atoms with E-state index < -0.39 is 0 Å². The zero-order chi connectivity index (χ0) is 5.40. The van der Waals surface area contributed by atoms with Crippen molar-refractivity contribution in [1.82, 2.24) is 0 Å². The lowest BCUT2D eigenvalue weighted by Gasteiger charge is -2.14. The van der Waals surface area contributed by atoms with Crippen LogP contribution in [0.15, 0.2) is 0 Å². The summed E-state index contributed by atoms with van der Waals surface area (Å²) in [5.74, 6) is 0.939. The molecule has 1 nitrogen and oxygen atoms in total. The second-order valence-electron chi connectivity index (χ2n) is 2.99. The lowest BCUT2D eigenvalue weighted by atomic mass is 9.91. The molecule has 2 fully saturated rings. The van der Waals surface area contributed by atoms with Crippen LogP contribution in [0, 0.1) is 5.92 Å². The van der Waals surface area contributed by atoms with Crippen molar-refractivity contribution in [2.75, 3.05) is 6.61 Å². The van der Waals surface area contributed by atoms with Crippen molar-refractivity contribution in [2.24, 2.45) is 5.92 Å². The first kappa shape index (κ1) is 4.80. The maximum absolute atomic E-state index is 5.48. The van der Waals surface area contributed by atoms with Crippen LogP contribution < -0.4 is 0 Å². The molecule has 2 bridgehead atoms. The van der Waals surface area contributed by atoms with Crippen molar-refractivity contribution >= 4 is 0 Å². The first-order valence-electron chi connectivity index (χ1n) is 3.57. The quantitative estimate of drug-likeness (QED) is 0.462. The highest BCUT2D eigenvalue weighted by atomic mass is 16.5. The Labute approximate surface area is 50.0 Å². The van der Waals surface area contributed by atoms with E-state index in [0.29, 0.717) is 6.10 Å². The molecule has 2 rings (SSSR count). The summed E-state index contributed by atoms with van der Waals surface area (Å²) in [7, 11) is 0. The number of rotatable bonds is 0. The fraction of sp³-hybridized carbons (Fsp3) is 1.00. The van der Waals surface area contributed by atoms with E-state index in [0.717, 1.165) is 12.5 Å². The van der Waals surface area contributed by atoms with E-state index in [2.05, 4.69) is 0 Å². The monoisotopic (exact) mass is 112 g/mol. The molecule has 1 heteroatoms. The second kappa shape index (κ2) is 1.73. The van der Waals surface area contributed by atoms with Crippen LogP contribution in [-0.2, 0) is 4.74 Å². The van der Waals surface area contributed by atoms with Crippen molar-refractivity contribution in [2.45, 2.75) is 31.8 Å². The minimum Gasteiger partial charge on any atom is -0.378 e.